The number of carbonyl (C=O) groups excluding carboxylic acids is 1. The van der Waals surface area contributed by atoms with Crippen molar-refractivity contribution in [1.29, 1.82) is 0 Å². The fraction of sp³-hybridized carbons (Fsp3) is 0.211. The maximum atomic E-state index is 13.1. The Morgan fingerprint density at radius 2 is 1.93 bits per heavy atom. The van der Waals surface area contributed by atoms with Gasteiger partial charge in [0.15, 0.2) is 11.5 Å². The molecular formula is C19H18FN3O4S. The van der Waals surface area contributed by atoms with Crippen molar-refractivity contribution in [2.45, 2.75) is 12.1 Å². The Balaban J connectivity index is 1.62. The van der Waals surface area contributed by atoms with E-state index in [1.54, 1.807) is 32.2 Å². The summed E-state index contributed by atoms with van der Waals surface area (Å²) in [5, 5.41) is 10.9. The topological polar surface area (TPSA) is 86.5 Å². The Morgan fingerprint density at radius 1 is 1.14 bits per heavy atom. The number of carbonyl (C=O) groups is 1. The zero-order chi connectivity index (χ0) is 20.1. The van der Waals surface area contributed by atoms with Gasteiger partial charge in [-0.1, -0.05) is 11.8 Å². The molecule has 2 aromatic carbocycles. The first kappa shape index (κ1) is 19.7. The second-order valence-corrected chi connectivity index (χ2v) is 6.67. The van der Waals surface area contributed by atoms with E-state index in [2.05, 4.69) is 15.5 Å². The molecule has 0 atom stereocenters. The molecule has 3 aromatic rings. The monoisotopic (exact) mass is 403 g/mol. The standard InChI is InChI=1S/C19H18FN3O4S/c1-11-8-13(20)5-6-14(11)21-17(24)10-28-19-23-22-18(27-19)12-4-7-15(25-2)16(9-12)26-3/h4-9H,10H2,1-3H3,(H,21,24). The number of methoxy groups -OCH3 is 2. The van der Waals surface area contributed by atoms with Crippen LogP contribution in [-0.2, 0) is 4.79 Å². The van der Waals surface area contributed by atoms with Crippen molar-refractivity contribution >= 4 is 23.4 Å². The third-order valence-electron chi connectivity index (χ3n) is 3.83. The van der Waals surface area contributed by atoms with Crippen LogP contribution in [0.2, 0.25) is 0 Å². The molecule has 0 spiro atoms. The molecule has 0 bridgehead atoms. The summed E-state index contributed by atoms with van der Waals surface area (Å²) in [7, 11) is 3.09. The minimum atomic E-state index is -0.349. The lowest BCUT2D eigenvalue weighted by Gasteiger charge is -2.07. The number of aryl methyl sites for hydroxylation is 1. The van der Waals surface area contributed by atoms with Crippen LogP contribution in [0.5, 0.6) is 11.5 Å². The number of aromatic nitrogens is 2. The summed E-state index contributed by atoms with van der Waals surface area (Å²) in [6, 6.07) is 9.41. The highest BCUT2D eigenvalue weighted by molar-refractivity contribution is 7.99. The number of ether oxygens (including phenoxy) is 2. The van der Waals surface area contributed by atoms with Gasteiger partial charge < -0.3 is 19.2 Å². The fourth-order valence-electron chi connectivity index (χ4n) is 2.43. The van der Waals surface area contributed by atoms with Crippen LogP contribution in [0.15, 0.2) is 46.0 Å². The summed E-state index contributed by atoms with van der Waals surface area (Å²) in [5.41, 5.74) is 1.87. The number of benzene rings is 2. The number of nitrogens with zero attached hydrogens (tertiary/aromatic N) is 2. The summed E-state index contributed by atoms with van der Waals surface area (Å²) in [6.45, 7) is 1.72. The number of hydrogen-bond donors (Lipinski definition) is 1. The molecule has 0 radical (unpaired) electrons. The van der Waals surface area contributed by atoms with Crippen LogP contribution in [0.1, 0.15) is 5.56 Å². The lowest BCUT2D eigenvalue weighted by atomic mass is 10.2. The zero-order valence-corrected chi connectivity index (χ0v) is 16.3. The third kappa shape index (κ3) is 4.61. The highest BCUT2D eigenvalue weighted by Gasteiger charge is 2.14. The van der Waals surface area contributed by atoms with E-state index in [1.807, 2.05) is 0 Å². The van der Waals surface area contributed by atoms with Gasteiger partial charge in [0, 0.05) is 11.3 Å². The van der Waals surface area contributed by atoms with E-state index < -0.39 is 0 Å². The molecule has 0 aliphatic carbocycles. The van der Waals surface area contributed by atoms with Gasteiger partial charge in [-0.2, -0.15) is 0 Å². The molecule has 1 aromatic heterocycles. The molecular weight excluding hydrogens is 385 g/mol. The quantitative estimate of drug-likeness (QED) is 0.598. The van der Waals surface area contributed by atoms with E-state index >= 15 is 0 Å². The average molecular weight is 403 g/mol. The minimum Gasteiger partial charge on any atom is -0.493 e. The van der Waals surface area contributed by atoms with Crippen LogP contribution in [0.3, 0.4) is 0 Å². The molecule has 7 nitrogen and oxygen atoms in total. The normalized spacial score (nSPS) is 10.6. The highest BCUT2D eigenvalue weighted by Crippen LogP contribution is 2.32. The van der Waals surface area contributed by atoms with Crippen molar-refractivity contribution in [3.8, 4) is 23.0 Å². The molecule has 0 unspecified atom stereocenters. The Labute approximate surface area is 165 Å². The van der Waals surface area contributed by atoms with Crippen LogP contribution in [0, 0.1) is 12.7 Å². The SMILES string of the molecule is COc1ccc(-c2nnc(SCC(=O)Nc3ccc(F)cc3C)o2)cc1OC. The first-order valence-electron chi connectivity index (χ1n) is 8.25. The number of anilines is 1. The van der Waals surface area contributed by atoms with E-state index in [-0.39, 0.29) is 22.7 Å². The van der Waals surface area contributed by atoms with Crippen molar-refractivity contribution in [3.05, 3.63) is 47.8 Å². The summed E-state index contributed by atoms with van der Waals surface area (Å²) >= 11 is 1.11. The largest absolute Gasteiger partial charge is 0.493 e. The molecule has 1 heterocycles. The number of rotatable bonds is 7. The molecule has 0 aliphatic heterocycles. The van der Waals surface area contributed by atoms with E-state index in [4.69, 9.17) is 13.9 Å². The van der Waals surface area contributed by atoms with Gasteiger partial charge in [-0.15, -0.1) is 10.2 Å². The zero-order valence-electron chi connectivity index (χ0n) is 15.5. The Kier molecular flexibility index (Phi) is 6.15. The summed E-state index contributed by atoms with van der Waals surface area (Å²) in [4.78, 5) is 12.1. The smallest absolute Gasteiger partial charge is 0.277 e. The summed E-state index contributed by atoms with van der Waals surface area (Å²) in [5.74, 6) is 0.904. The fourth-order valence-corrected chi connectivity index (χ4v) is 3.00. The van der Waals surface area contributed by atoms with Crippen molar-refractivity contribution in [2.24, 2.45) is 0 Å². The lowest BCUT2D eigenvalue weighted by molar-refractivity contribution is -0.113. The maximum Gasteiger partial charge on any atom is 0.277 e. The molecule has 28 heavy (non-hydrogen) atoms. The molecule has 0 saturated heterocycles. The van der Waals surface area contributed by atoms with Gasteiger partial charge in [-0.05, 0) is 48.9 Å². The lowest BCUT2D eigenvalue weighted by Crippen LogP contribution is -2.14. The number of thioether (sulfide) groups is 1. The molecule has 0 saturated carbocycles. The molecule has 3 rings (SSSR count). The molecule has 0 aliphatic rings. The predicted octanol–water partition coefficient (Wildman–Crippen LogP) is 3.93. The van der Waals surface area contributed by atoms with Crippen LogP contribution in [-0.4, -0.2) is 36.1 Å². The van der Waals surface area contributed by atoms with Crippen LogP contribution in [0.25, 0.3) is 11.5 Å². The van der Waals surface area contributed by atoms with Crippen molar-refractivity contribution < 1.29 is 23.1 Å². The summed E-state index contributed by atoms with van der Waals surface area (Å²) < 4.78 is 29.2. The number of nitrogens with one attached hydrogen (secondary N) is 1. The van der Waals surface area contributed by atoms with Crippen LogP contribution < -0.4 is 14.8 Å². The highest BCUT2D eigenvalue weighted by atomic mass is 32.2. The predicted molar refractivity (Wildman–Crippen MR) is 103 cm³/mol. The van der Waals surface area contributed by atoms with Crippen molar-refractivity contribution in [1.82, 2.24) is 10.2 Å². The van der Waals surface area contributed by atoms with Crippen molar-refractivity contribution in [3.63, 3.8) is 0 Å². The van der Waals surface area contributed by atoms with Gasteiger partial charge in [0.05, 0.1) is 20.0 Å². The molecule has 1 N–H and O–H groups in total. The Hall–Kier alpha value is -3.07. The first-order valence-corrected chi connectivity index (χ1v) is 9.23. The van der Waals surface area contributed by atoms with Crippen LogP contribution >= 0.6 is 11.8 Å². The van der Waals surface area contributed by atoms with Gasteiger partial charge in [-0.25, -0.2) is 4.39 Å². The van der Waals surface area contributed by atoms with Gasteiger partial charge in [0.25, 0.3) is 5.22 Å². The second kappa shape index (κ2) is 8.75. The van der Waals surface area contributed by atoms with Gasteiger partial charge >= 0.3 is 0 Å². The van der Waals surface area contributed by atoms with E-state index in [0.29, 0.717) is 34.2 Å². The molecule has 9 heteroatoms. The molecule has 146 valence electrons. The van der Waals surface area contributed by atoms with Crippen LogP contribution in [0.4, 0.5) is 10.1 Å². The molecule has 0 fully saturated rings. The van der Waals surface area contributed by atoms with Crippen molar-refractivity contribution in [2.75, 3.05) is 25.3 Å². The Morgan fingerprint density at radius 3 is 2.64 bits per heavy atom. The van der Waals surface area contributed by atoms with E-state index in [9.17, 15) is 9.18 Å². The third-order valence-corrected chi connectivity index (χ3v) is 4.64. The second-order valence-electron chi connectivity index (χ2n) is 5.74. The summed E-state index contributed by atoms with van der Waals surface area (Å²) in [6.07, 6.45) is 0. The molecule has 1 amide bonds. The number of amides is 1. The Bertz CT molecular complexity index is 993. The average Bonchev–Trinajstić information content (AvgIpc) is 3.17. The van der Waals surface area contributed by atoms with E-state index in [0.717, 1.165) is 11.8 Å². The van der Waals surface area contributed by atoms with E-state index in [1.165, 1.54) is 25.3 Å². The van der Waals surface area contributed by atoms with Gasteiger partial charge in [-0.3, -0.25) is 4.79 Å². The number of halogens is 1. The van der Waals surface area contributed by atoms with Gasteiger partial charge in [0.1, 0.15) is 5.82 Å². The first-order chi connectivity index (χ1) is 13.5. The number of hydrogen-bond acceptors (Lipinski definition) is 7. The minimum absolute atomic E-state index is 0.0738. The maximum absolute atomic E-state index is 13.1. The van der Waals surface area contributed by atoms with Gasteiger partial charge in [0.2, 0.25) is 11.8 Å².